The van der Waals surface area contributed by atoms with Crippen LogP contribution in [0.5, 0.6) is 0 Å². The molecule has 0 aliphatic carbocycles. The Morgan fingerprint density at radius 2 is 1.71 bits per heavy atom. The molecule has 0 radical (unpaired) electrons. The van der Waals surface area contributed by atoms with E-state index in [1.54, 1.807) is 7.11 Å². The first kappa shape index (κ1) is 15.5. The predicted molar refractivity (Wildman–Crippen MR) is 84.4 cm³/mol. The van der Waals surface area contributed by atoms with Crippen LogP contribution in [0.25, 0.3) is 0 Å². The van der Waals surface area contributed by atoms with Crippen molar-refractivity contribution in [1.82, 2.24) is 5.32 Å². The summed E-state index contributed by atoms with van der Waals surface area (Å²) in [4.78, 5) is 12.0. The van der Waals surface area contributed by atoms with E-state index in [1.165, 1.54) is 0 Å². The third-order valence-corrected chi connectivity index (χ3v) is 3.43. The number of halogens is 1. The number of amides is 1. The van der Waals surface area contributed by atoms with Crippen molar-refractivity contribution in [2.75, 3.05) is 13.7 Å². The SMILES string of the molecule is COCCC(=O)NC(c1ccccc1)c1ccc(Cl)cc1. The fourth-order valence-electron chi connectivity index (χ4n) is 2.09. The van der Waals surface area contributed by atoms with Crippen molar-refractivity contribution < 1.29 is 9.53 Å². The van der Waals surface area contributed by atoms with E-state index in [-0.39, 0.29) is 11.9 Å². The molecule has 0 bridgehead atoms. The molecule has 2 aromatic rings. The van der Waals surface area contributed by atoms with Gasteiger partial charge in [0.15, 0.2) is 0 Å². The summed E-state index contributed by atoms with van der Waals surface area (Å²) in [6, 6.07) is 17.2. The Bertz CT molecular complexity index is 569. The highest BCUT2D eigenvalue weighted by atomic mass is 35.5. The molecule has 0 saturated heterocycles. The first-order chi connectivity index (χ1) is 10.2. The lowest BCUT2D eigenvalue weighted by molar-refractivity contribution is -0.122. The lowest BCUT2D eigenvalue weighted by Gasteiger charge is -2.20. The third kappa shape index (κ3) is 4.59. The van der Waals surface area contributed by atoms with Crippen LogP contribution >= 0.6 is 11.6 Å². The first-order valence-electron chi connectivity index (χ1n) is 6.79. The van der Waals surface area contributed by atoms with Crippen LogP contribution in [0.15, 0.2) is 54.6 Å². The minimum Gasteiger partial charge on any atom is -0.384 e. The summed E-state index contributed by atoms with van der Waals surface area (Å²) >= 11 is 5.93. The molecule has 1 N–H and O–H groups in total. The second-order valence-corrected chi connectivity index (χ2v) is 5.14. The van der Waals surface area contributed by atoms with Crippen LogP contribution in [0.2, 0.25) is 5.02 Å². The first-order valence-corrected chi connectivity index (χ1v) is 7.17. The van der Waals surface area contributed by atoms with Crippen LogP contribution in [0.4, 0.5) is 0 Å². The zero-order valence-electron chi connectivity index (χ0n) is 11.9. The number of ether oxygens (including phenoxy) is 1. The number of methoxy groups -OCH3 is 1. The van der Waals surface area contributed by atoms with Gasteiger partial charge in [-0.3, -0.25) is 4.79 Å². The number of nitrogens with one attached hydrogen (secondary N) is 1. The molecule has 0 aliphatic heterocycles. The number of carbonyl (C=O) groups is 1. The van der Waals surface area contributed by atoms with Gasteiger partial charge in [-0.05, 0) is 23.3 Å². The van der Waals surface area contributed by atoms with Gasteiger partial charge in [-0.1, -0.05) is 54.1 Å². The molecule has 3 nitrogen and oxygen atoms in total. The van der Waals surface area contributed by atoms with E-state index in [2.05, 4.69) is 5.32 Å². The maximum absolute atomic E-state index is 12.0. The van der Waals surface area contributed by atoms with E-state index in [4.69, 9.17) is 16.3 Å². The van der Waals surface area contributed by atoms with Crippen molar-refractivity contribution >= 4 is 17.5 Å². The van der Waals surface area contributed by atoms with Gasteiger partial charge in [-0.2, -0.15) is 0 Å². The highest BCUT2D eigenvalue weighted by Gasteiger charge is 2.16. The maximum Gasteiger partial charge on any atom is 0.223 e. The van der Waals surface area contributed by atoms with Gasteiger partial charge in [-0.15, -0.1) is 0 Å². The van der Waals surface area contributed by atoms with Gasteiger partial charge in [0.05, 0.1) is 12.6 Å². The molecule has 0 fully saturated rings. The maximum atomic E-state index is 12.0. The predicted octanol–water partition coefficient (Wildman–Crippen LogP) is 3.58. The third-order valence-electron chi connectivity index (χ3n) is 3.17. The van der Waals surface area contributed by atoms with Crippen molar-refractivity contribution in [2.24, 2.45) is 0 Å². The minimum atomic E-state index is -0.187. The second-order valence-electron chi connectivity index (χ2n) is 4.71. The molecule has 0 aromatic heterocycles. The van der Waals surface area contributed by atoms with E-state index in [1.807, 2.05) is 54.6 Å². The average Bonchev–Trinajstić information content (AvgIpc) is 2.52. The molecule has 4 heteroatoms. The molecule has 2 rings (SSSR count). The van der Waals surface area contributed by atoms with E-state index in [9.17, 15) is 4.79 Å². The number of hydrogen-bond donors (Lipinski definition) is 1. The van der Waals surface area contributed by atoms with E-state index >= 15 is 0 Å². The standard InChI is InChI=1S/C17H18ClNO2/c1-21-12-11-16(20)19-17(13-5-3-2-4-6-13)14-7-9-15(18)10-8-14/h2-10,17H,11-12H2,1H3,(H,19,20). The number of carbonyl (C=O) groups excluding carboxylic acids is 1. The Morgan fingerprint density at radius 3 is 2.33 bits per heavy atom. The molecule has 1 unspecified atom stereocenters. The van der Waals surface area contributed by atoms with Crippen LogP contribution < -0.4 is 5.32 Å². The van der Waals surface area contributed by atoms with Gasteiger partial charge in [0.25, 0.3) is 0 Å². The van der Waals surface area contributed by atoms with Gasteiger partial charge in [0, 0.05) is 18.6 Å². The van der Waals surface area contributed by atoms with E-state index in [0.29, 0.717) is 18.1 Å². The summed E-state index contributed by atoms with van der Waals surface area (Å²) in [6.07, 6.45) is 0.341. The molecule has 2 aromatic carbocycles. The highest BCUT2D eigenvalue weighted by molar-refractivity contribution is 6.30. The number of benzene rings is 2. The summed E-state index contributed by atoms with van der Waals surface area (Å²) in [5.74, 6) is -0.0411. The average molecular weight is 304 g/mol. The fourth-order valence-corrected chi connectivity index (χ4v) is 2.21. The molecule has 1 atom stereocenters. The topological polar surface area (TPSA) is 38.3 Å². The second kappa shape index (κ2) is 7.81. The van der Waals surface area contributed by atoms with Crippen LogP contribution in [0.1, 0.15) is 23.6 Å². The molecule has 21 heavy (non-hydrogen) atoms. The van der Waals surface area contributed by atoms with Gasteiger partial charge >= 0.3 is 0 Å². The van der Waals surface area contributed by atoms with Crippen LogP contribution in [0.3, 0.4) is 0 Å². The van der Waals surface area contributed by atoms with Crippen molar-refractivity contribution in [3.8, 4) is 0 Å². The zero-order valence-corrected chi connectivity index (χ0v) is 12.6. The molecule has 0 heterocycles. The van der Waals surface area contributed by atoms with E-state index in [0.717, 1.165) is 11.1 Å². The Kier molecular flexibility index (Phi) is 5.78. The summed E-state index contributed by atoms with van der Waals surface area (Å²) in [5.41, 5.74) is 2.03. The molecule has 0 spiro atoms. The molecule has 0 saturated carbocycles. The summed E-state index contributed by atoms with van der Waals surface area (Å²) in [6.45, 7) is 0.411. The van der Waals surface area contributed by atoms with Gasteiger partial charge in [0.2, 0.25) is 5.91 Å². The summed E-state index contributed by atoms with van der Waals surface area (Å²) in [7, 11) is 1.58. The normalized spacial score (nSPS) is 11.9. The Morgan fingerprint density at radius 1 is 1.10 bits per heavy atom. The lowest BCUT2D eigenvalue weighted by atomic mass is 9.98. The molecular formula is C17H18ClNO2. The fraction of sp³-hybridized carbons (Fsp3) is 0.235. The molecule has 110 valence electrons. The molecular weight excluding hydrogens is 286 g/mol. The minimum absolute atomic E-state index is 0.0411. The highest BCUT2D eigenvalue weighted by Crippen LogP contribution is 2.23. The van der Waals surface area contributed by atoms with Gasteiger partial charge < -0.3 is 10.1 Å². The molecule has 1 amide bonds. The smallest absolute Gasteiger partial charge is 0.223 e. The van der Waals surface area contributed by atoms with Crippen molar-refractivity contribution in [3.05, 3.63) is 70.7 Å². The summed E-state index contributed by atoms with van der Waals surface area (Å²) in [5, 5.41) is 3.72. The Balaban J connectivity index is 2.22. The quantitative estimate of drug-likeness (QED) is 0.886. The van der Waals surface area contributed by atoms with Crippen molar-refractivity contribution in [2.45, 2.75) is 12.5 Å². The molecule has 0 aliphatic rings. The van der Waals surface area contributed by atoms with E-state index < -0.39 is 0 Å². The lowest BCUT2D eigenvalue weighted by Crippen LogP contribution is -2.29. The van der Waals surface area contributed by atoms with Gasteiger partial charge in [0.1, 0.15) is 0 Å². The van der Waals surface area contributed by atoms with Crippen molar-refractivity contribution in [3.63, 3.8) is 0 Å². The monoisotopic (exact) mass is 303 g/mol. The van der Waals surface area contributed by atoms with Crippen LogP contribution in [-0.2, 0) is 9.53 Å². The van der Waals surface area contributed by atoms with Crippen molar-refractivity contribution in [1.29, 1.82) is 0 Å². The Labute approximate surface area is 129 Å². The zero-order chi connectivity index (χ0) is 15.1. The largest absolute Gasteiger partial charge is 0.384 e. The number of hydrogen-bond acceptors (Lipinski definition) is 2. The summed E-state index contributed by atoms with van der Waals surface area (Å²) < 4.78 is 4.94. The number of rotatable bonds is 6. The van der Waals surface area contributed by atoms with Crippen LogP contribution in [-0.4, -0.2) is 19.6 Å². The van der Waals surface area contributed by atoms with Gasteiger partial charge in [-0.25, -0.2) is 0 Å². The van der Waals surface area contributed by atoms with Crippen LogP contribution in [0, 0.1) is 0 Å². The Hall–Kier alpha value is -1.84.